The summed E-state index contributed by atoms with van der Waals surface area (Å²) < 4.78 is 14.6. The molecule has 1 aromatic carbocycles. The maximum atomic E-state index is 14.6. The summed E-state index contributed by atoms with van der Waals surface area (Å²) in [5, 5.41) is 0. The van der Waals surface area contributed by atoms with Gasteiger partial charge in [0.2, 0.25) is 0 Å². The Balaban J connectivity index is 2.17. The van der Waals surface area contributed by atoms with Crippen molar-refractivity contribution in [1.29, 1.82) is 0 Å². The first-order valence-electron chi connectivity index (χ1n) is 7.85. The van der Waals surface area contributed by atoms with Crippen LogP contribution in [-0.4, -0.2) is 0 Å². The lowest BCUT2D eigenvalue weighted by Crippen LogP contribution is -2.04. The van der Waals surface area contributed by atoms with Crippen LogP contribution in [-0.2, 0) is 6.42 Å². The summed E-state index contributed by atoms with van der Waals surface area (Å²) in [6, 6.07) is 4.04. The van der Waals surface area contributed by atoms with Crippen LogP contribution in [0.5, 0.6) is 0 Å². The van der Waals surface area contributed by atoms with Crippen molar-refractivity contribution >= 4 is 5.57 Å². The fourth-order valence-corrected chi connectivity index (χ4v) is 2.66. The minimum absolute atomic E-state index is 0.0613. The second kappa shape index (κ2) is 5.71. The second-order valence-corrected chi connectivity index (χ2v) is 6.86. The molecule has 1 heteroatoms. The van der Waals surface area contributed by atoms with Crippen LogP contribution in [0, 0.1) is 24.1 Å². The van der Waals surface area contributed by atoms with Crippen molar-refractivity contribution in [2.24, 2.45) is 11.3 Å². The molecular weight excluding hydrogens is 247 g/mol. The third-order valence-electron chi connectivity index (χ3n) is 5.15. The summed E-state index contributed by atoms with van der Waals surface area (Å²) in [5.41, 5.74) is 4.14. The fourth-order valence-electron chi connectivity index (χ4n) is 2.66. The van der Waals surface area contributed by atoms with Crippen molar-refractivity contribution in [3.05, 3.63) is 41.2 Å². The molecule has 1 atom stereocenters. The smallest absolute Gasteiger partial charge is 0.133 e. The van der Waals surface area contributed by atoms with Crippen molar-refractivity contribution in [2.45, 2.75) is 59.8 Å². The SMILES string of the molecule is C=C(c1ccc(CCC2(C)CC2)c(C)c1F)C(C)CC. The quantitative estimate of drug-likeness (QED) is 0.603. The van der Waals surface area contributed by atoms with Crippen LogP contribution in [0.2, 0.25) is 0 Å². The monoisotopic (exact) mass is 274 g/mol. The second-order valence-electron chi connectivity index (χ2n) is 6.86. The fraction of sp³-hybridized carbons (Fsp3) is 0.579. The minimum Gasteiger partial charge on any atom is -0.206 e. The largest absolute Gasteiger partial charge is 0.206 e. The summed E-state index contributed by atoms with van der Waals surface area (Å²) in [6.07, 6.45) is 5.83. The van der Waals surface area contributed by atoms with Crippen LogP contribution in [0.3, 0.4) is 0 Å². The minimum atomic E-state index is -0.0613. The zero-order valence-corrected chi connectivity index (χ0v) is 13.4. The lowest BCUT2D eigenvalue weighted by molar-refractivity contribution is 0.515. The number of allylic oxidation sites excluding steroid dienone is 1. The Morgan fingerprint density at radius 3 is 2.60 bits per heavy atom. The molecule has 0 aromatic heterocycles. The van der Waals surface area contributed by atoms with Crippen molar-refractivity contribution in [3.63, 3.8) is 0 Å². The van der Waals surface area contributed by atoms with Gasteiger partial charge in [0, 0.05) is 5.56 Å². The molecule has 0 amide bonds. The summed E-state index contributed by atoms with van der Waals surface area (Å²) in [5.74, 6) is 0.272. The molecule has 0 bridgehead atoms. The molecule has 2 rings (SSSR count). The first-order chi connectivity index (χ1) is 9.38. The highest BCUT2D eigenvalue weighted by Crippen LogP contribution is 2.48. The van der Waals surface area contributed by atoms with E-state index in [4.69, 9.17) is 0 Å². The van der Waals surface area contributed by atoms with Gasteiger partial charge < -0.3 is 0 Å². The van der Waals surface area contributed by atoms with E-state index in [-0.39, 0.29) is 5.82 Å². The van der Waals surface area contributed by atoms with E-state index in [1.807, 2.05) is 13.0 Å². The highest BCUT2D eigenvalue weighted by molar-refractivity contribution is 5.66. The van der Waals surface area contributed by atoms with Crippen molar-refractivity contribution in [3.8, 4) is 0 Å². The molecule has 0 nitrogen and oxygen atoms in total. The van der Waals surface area contributed by atoms with E-state index in [0.717, 1.165) is 29.5 Å². The normalized spacial score (nSPS) is 17.9. The average Bonchev–Trinajstić information content (AvgIpc) is 3.17. The van der Waals surface area contributed by atoms with E-state index < -0.39 is 0 Å². The Morgan fingerprint density at radius 1 is 1.40 bits per heavy atom. The lowest BCUT2D eigenvalue weighted by atomic mass is 9.89. The predicted octanol–water partition coefficient (Wildman–Crippen LogP) is 5.93. The van der Waals surface area contributed by atoms with Gasteiger partial charge in [-0.3, -0.25) is 0 Å². The first kappa shape index (κ1) is 15.3. The Labute approximate surface area is 123 Å². The van der Waals surface area contributed by atoms with Gasteiger partial charge in [0.15, 0.2) is 0 Å². The summed E-state index contributed by atoms with van der Waals surface area (Å²) in [4.78, 5) is 0. The van der Waals surface area contributed by atoms with Crippen LogP contribution in [0.25, 0.3) is 5.57 Å². The molecule has 0 aliphatic heterocycles. The molecule has 110 valence electrons. The maximum Gasteiger partial charge on any atom is 0.133 e. The maximum absolute atomic E-state index is 14.6. The third kappa shape index (κ3) is 3.13. The molecule has 1 aliphatic rings. The standard InChI is InChI=1S/C19H27F/c1-6-13(2)14(3)17-8-7-16(15(4)18(17)20)9-10-19(5)11-12-19/h7-8,13H,3,6,9-12H2,1-2,4-5H3. The van der Waals surface area contributed by atoms with Crippen molar-refractivity contribution in [2.75, 3.05) is 0 Å². The highest BCUT2D eigenvalue weighted by atomic mass is 19.1. The molecule has 0 saturated heterocycles. The highest BCUT2D eigenvalue weighted by Gasteiger charge is 2.36. The van der Waals surface area contributed by atoms with E-state index in [1.54, 1.807) is 0 Å². The molecule has 1 saturated carbocycles. The van der Waals surface area contributed by atoms with E-state index in [1.165, 1.54) is 19.3 Å². The van der Waals surface area contributed by atoms with Crippen molar-refractivity contribution in [1.82, 2.24) is 0 Å². The molecule has 1 unspecified atom stereocenters. The van der Waals surface area contributed by atoms with Crippen molar-refractivity contribution < 1.29 is 4.39 Å². The zero-order chi connectivity index (χ0) is 14.9. The Kier molecular flexibility index (Phi) is 4.36. The van der Waals surface area contributed by atoms with Crippen LogP contribution >= 0.6 is 0 Å². The number of hydrogen-bond acceptors (Lipinski definition) is 0. The first-order valence-corrected chi connectivity index (χ1v) is 7.85. The summed E-state index contributed by atoms with van der Waals surface area (Å²) in [6.45, 7) is 12.6. The Hall–Kier alpha value is -1.11. The van der Waals surface area contributed by atoms with E-state index >= 15 is 0 Å². The molecule has 0 radical (unpaired) electrons. The van der Waals surface area contributed by atoms with Gasteiger partial charge in [0.25, 0.3) is 0 Å². The lowest BCUT2D eigenvalue weighted by Gasteiger charge is -2.17. The van der Waals surface area contributed by atoms with Gasteiger partial charge in [-0.05, 0) is 67.1 Å². The van der Waals surface area contributed by atoms with E-state index in [2.05, 4.69) is 33.4 Å². The number of halogens is 1. The van der Waals surface area contributed by atoms with Gasteiger partial charge in [0.1, 0.15) is 5.82 Å². The summed E-state index contributed by atoms with van der Waals surface area (Å²) >= 11 is 0. The van der Waals surface area contributed by atoms with Crippen LogP contribution in [0.1, 0.15) is 63.1 Å². The number of hydrogen-bond donors (Lipinski definition) is 0. The Bertz CT molecular complexity index is 509. The van der Waals surface area contributed by atoms with Gasteiger partial charge in [-0.2, -0.15) is 0 Å². The molecule has 0 N–H and O–H groups in total. The number of aryl methyl sites for hydroxylation is 1. The number of benzene rings is 1. The average molecular weight is 274 g/mol. The molecule has 1 fully saturated rings. The molecule has 20 heavy (non-hydrogen) atoms. The molecule has 0 spiro atoms. The van der Waals surface area contributed by atoms with Gasteiger partial charge >= 0.3 is 0 Å². The number of rotatable bonds is 6. The van der Waals surface area contributed by atoms with Crippen LogP contribution in [0.15, 0.2) is 18.7 Å². The molecular formula is C19H27F. The topological polar surface area (TPSA) is 0 Å². The third-order valence-corrected chi connectivity index (χ3v) is 5.15. The van der Waals surface area contributed by atoms with E-state index in [0.29, 0.717) is 16.9 Å². The zero-order valence-electron chi connectivity index (χ0n) is 13.4. The van der Waals surface area contributed by atoms with Gasteiger partial charge in [-0.25, -0.2) is 4.39 Å². The van der Waals surface area contributed by atoms with Gasteiger partial charge in [0.05, 0.1) is 0 Å². The van der Waals surface area contributed by atoms with Gasteiger partial charge in [-0.15, -0.1) is 0 Å². The predicted molar refractivity (Wildman–Crippen MR) is 85.3 cm³/mol. The van der Waals surface area contributed by atoms with Crippen LogP contribution < -0.4 is 0 Å². The Morgan fingerprint density at radius 2 is 2.05 bits per heavy atom. The summed E-state index contributed by atoms with van der Waals surface area (Å²) in [7, 11) is 0. The van der Waals surface area contributed by atoms with Crippen LogP contribution in [0.4, 0.5) is 4.39 Å². The molecule has 1 aliphatic carbocycles. The molecule has 0 heterocycles. The van der Waals surface area contributed by atoms with E-state index in [9.17, 15) is 4.39 Å². The van der Waals surface area contributed by atoms with Gasteiger partial charge in [-0.1, -0.05) is 39.5 Å². The molecule has 1 aromatic rings.